The van der Waals surface area contributed by atoms with Gasteiger partial charge in [0.25, 0.3) is 0 Å². The predicted molar refractivity (Wildman–Crippen MR) is 127 cm³/mol. The van der Waals surface area contributed by atoms with Crippen molar-refractivity contribution < 1.29 is 14.3 Å². The summed E-state index contributed by atoms with van der Waals surface area (Å²) in [5, 5.41) is 9.64. The summed E-state index contributed by atoms with van der Waals surface area (Å²) in [5.41, 5.74) is 3.06. The number of carbonyl (C=O) groups is 1. The third-order valence-corrected chi connectivity index (χ3v) is 5.38. The second-order valence-electron chi connectivity index (χ2n) is 7.63. The van der Waals surface area contributed by atoms with Crippen molar-refractivity contribution in [2.45, 2.75) is 19.5 Å². The minimum Gasteiger partial charge on any atom is -0.497 e. The molecule has 2 aromatic rings. The van der Waals surface area contributed by atoms with Gasteiger partial charge in [0.1, 0.15) is 5.75 Å². The van der Waals surface area contributed by atoms with Crippen molar-refractivity contribution >= 4 is 17.6 Å². The summed E-state index contributed by atoms with van der Waals surface area (Å²) in [6.45, 7) is 6.06. The van der Waals surface area contributed by atoms with Crippen molar-refractivity contribution in [3.63, 3.8) is 0 Å². The fourth-order valence-corrected chi connectivity index (χ4v) is 3.74. The molecule has 2 aromatic carbocycles. The number of amides is 1. The van der Waals surface area contributed by atoms with Crippen LogP contribution < -0.4 is 20.7 Å². The van der Waals surface area contributed by atoms with E-state index in [0.717, 1.165) is 49.3 Å². The van der Waals surface area contributed by atoms with Crippen LogP contribution in [0, 0.1) is 0 Å². The van der Waals surface area contributed by atoms with Gasteiger partial charge in [0.05, 0.1) is 26.4 Å². The van der Waals surface area contributed by atoms with Crippen LogP contribution in [0.5, 0.6) is 5.75 Å². The summed E-state index contributed by atoms with van der Waals surface area (Å²) < 4.78 is 10.9. The zero-order valence-corrected chi connectivity index (χ0v) is 19.1. The Balaban J connectivity index is 1.62. The Morgan fingerprint density at radius 3 is 2.56 bits per heavy atom. The lowest BCUT2D eigenvalue weighted by molar-refractivity contribution is -0.114. The number of guanidine groups is 1. The predicted octanol–water partition coefficient (Wildman–Crippen LogP) is 2.39. The summed E-state index contributed by atoms with van der Waals surface area (Å²) in [6.07, 6.45) is 0. The summed E-state index contributed by atoms with van der Waals surface area (Å²) in [5.74, 6) is 1.49. The monoisotopic (exact) mass is 439 g/mol. The van der Waals surface area contributed by atoms with Gasteiger partial charge >= 0.3 is 0 Å². The first-order valence-electron chi connectivity index (χ1n) is 10.9. The Labute approximate surface area is 190 Å². The summed E-state index contributed by atoms with van der Waals surface area (Å²) in [4.78, 5) is 18.1. The Kier molecular flexibility index (Phi) is 8.89. The number of nitrogens with zero attached hydrogens (tertiary/aromatic N) is 2. The lowest BCUT2D eigenvalue weighted by Gasteiger charge is -2.35. The minimum atomic E-state index is -0.0831. The highest BCUT2D eigenvalue weighted by atomic mass is 16.5. The smallest absolute Gasteiger partial charge is 0.221 e. The Morgan fingerprint density at radius 1 is 1.16 bits per heavy atom. The van der Waals surface area contributed by atoms with Crippen LogP contribution in [-0.2, 0) is 16.1 Å². The summed E-state index contributed by atoms with van der Waals surface area (Å²) in [6, 6.07) is 16.2. The molecule has 172 valence electrons. The van der Waals surface area contributed by atoms with Crippen molar-refractivity contribution in [3.05, 3.63) is 59.7 Å². The third-order valence-electron chi connectivity index (χ3n) is 5.38. The SMILES string of the molecule is CN=C(NCc1cccc(NC(C)=O)c1)NCC(c1ccc(OC)cc1)N1CCOCC1. The van der Waals surface area contributed by atoms with Crippen LogP contribution in [0.15, 0.2) is 53.5 Å². The van der Waals surface area contributed by atoms with E-state index < -0.39 is 0 Å². The maximum Gasteiger partial charge on any atom is 0.221 e. The van der Waals surface area contributed by atoms with Gasteiger partial charge in [-0.1, -0.05) is 24.3 Å². The van der Waals surface area contributed by atoms with Crippen molar-refractivity contribution in [1.82, 2.24) is 15.5 Å². The van der Waals surface area contributed by atoms with Crippen LogP contribution in [-0.4, -0.2) is 63.8 Å². The zero-order valence-electron chi connectivity index (χ0n) is 19.1. The Hall–Kier alpha value is -3.10. The number of hydrogen-bond acceptors (Lipinski definition) is 5. The van der Waals surface area contributed by atoms with E-state index in [-0.39, 0.29) is 11.9 Å². The van der Waals surface area contributed by atoms with Crippen LogP contribution in [0.1, 0.15) is 24.1 Å². The lowest BCUT2D eigenvalue weighted by Crippen LogP contribution is -2.46. The number of nitrogens with one attached hydrogen (secondary N) is 3. The molecule has 1 heterocycles. The van der Waals surface area contributed by atoms with Gasteiger partial charge in [0, 0.05) is 45.8 Å². The highest BCUT2D eigenvalue weighted by Crippen LogP contribution is 2.23. The molecule has 3 rings (SSSR count). The number of hydrogen-bond donors (Lipinski definition) is 3. The molecule has 1 saturated heterocycles. The van der Waals surface area contributed by atoms with Crippen LogP contribution in [0.2, 0.25) is 0 Å². The largest absolute Gasteiger partial charge is 0.497 e. The quantitative estimate of drug-likeness (QED) is 0.433. The number of rotatable bonds is 8. The molecule has 1 aliphatic rings. The van der Waals surface area contributed by atoms with Crippen LogP contribution in [0.4, 0.5) is 5.69 Å². The first-order valence-corrected chi connectivity index (χ1v) is 10.9. The third kappa shape index (κ3) is 6.96. The molecule has 0 radical (unpaired) electrons. The average molecular weight is 440 g/mol. The van der Waals surface area contributed by atoms with E-state index in [9.17, 15) is 4.79 Å². The molecular formula is C24H33N5O3. The van der Waals surface area contributed by atoms with Gasteiger partial charge in [0.2, 0.25) is 5.91 Å². The van der Waals surface area contributed by atoms with Crippen LogP contribution in [0.25, 0.3) is 0 Å². The molecule has 0 bridgehead atoms. The van der Waals surface area contributed by atoms with Gasteiger partial charge < -0.3 is 25.4 Å². The van der Waals surface area contributed by atoms with Gasteiger partial charge in [-0.2, -0.15) is 0 Å². The second-order valence-corrected chi connectivity index (χ2v) is 7.63. The normalized spacial score (nSPS) is 15.7. The van der Waals surface area contributed by atoms with Crippen LogP contribution in [0.3, 0.4) is 0 Å². The zero-order chi connectivity index (χ0) is 22.8. The number of benzene rings is 2. The molecule has 3 N–H and O–H groups in total. The number of morpholine rings is 1. The molecule has 0 saturated carbocycles. The molecule has 32 heavy (non-hydrogen) atoms. The fourth-order valence-electron chi connectivity index (χ4n) is 3.74. The van der Waals surface area contributed by atoms with Gasteiger partial charge in [-0.3, -0.25) is 14.7 Å². The lowest BCUT2D eigenvalue weighted by atomic mass is 10.0. The van der Waals surface area contributed by atoms with E-state index >= 15 is 0 Å². The standard InChI is InChI=1S/C24H33N5O3/c1-18(30)28-21-6-4-5-19(15-21)16-26-24(25-2)27-17-23(29-11-13-32-14-12-29)20-7-9-22(31-3)10-8-20/h4-10,15,23H,11-14,16-17H2,1-3H3,(H,28,30)(H2,25,26,27). The van der Waals surface area contributed by atoms with Crippen LogP contribution >= 0.6 is 0 Å². The molecule has 0 aliphatic carbocycles. The molecule has 1 amide bonds. The van der Waals surface area contributed by atoms with Gasteiger partial charge in [0.15, 0.2) is 5.96 Å². The van der Waals surface area contributed by atoms with Gasteiger partial charge in [-0.25, -0.2) is 0 Å². The topological polar surface area (TPSA) is 87.2 Å². The van der Waals surface area contributed by atoms with Crippen molar-refractivity contribution in [2.24, 2.45) is 4.99 Å². The Morgan fingerprint density at radius 2 is 1.91 bits per heavy atom. The second kappa shape index (κ2) is 12.1. The van der Waals surface area contributed by atoms with Crippen molar-refractivity contribution in [2.75, 3.05) is 52.3 Å². The summed E-state index contributed by atoms with van der Waals surface area (Å²) in [7, 11) is 3.44. The number of methoxy groups -OCH3 is 1. The molecule has 0 aromatic heterocycles. The van der Waals surface area contributed by atoms with Crippen molar-refractivity contribution in [1.29, 1.82) is 0 Å². The van der Waals surface area contributed by atoms with Crippen molar-refractivity contribution in [3.8, 4) is 5.75 Å². The number of anilines is 1. The average Bonchev–Trinajstić information content (AvgIpc) is 2.82. The van der Waals surface area contributed by atoms with E-state index in [2.05, 4.69) is 38.0 Å². The molecule has 8 nitrogen and oxygen atoms in total. The summed E-state index contributed by atoms with van der Waals surface area (Å²) >= 11 is 0. The van der Waals surface area contributed by atoms with E-state index in [4.69, 9.17) is 9.47 Å². The van der Waals surface area contributed by atoms with Gasteiger partial charge in [-0.15, -0.1) is 0 Å². The molecule has 1 aliphatic heterocycles. The molecule has 1 fully saturated rings. The van der Waals surface area contributed by atoms with E-state index in [1.807, 2.05) is 36.4 Å². The van der Waals surface area contributed by atoms with E-state index in [1.54, 1.807) is 14.2 Å². The van der Waals surface area contributed by atoms with E-state index in [1.165, 1.54) is 12.5 Å². The number of ether oxygens (including phenoxy) is 2. The minimum absolute atomic E-state index is 0.0831. The first-order chi connectivity index (χ1) is 15.6. The van der Waals surface area contributed by atoms with Gasteiger partial charge in [-0.05, 0) is 35.4 Å². The number of aliphatic imine (C=N–C) groups is 1. The highest BCUT2D eigenvalue weighted by molar-refractivity contribution is 5.88. The first kappa shape index (κ1) is 23.6. The molecule has 1 atom stereocenters. The van der Waals surface area contributed by atoms with E-state index in [0.29, 0.717) is 13.1 Å². The number of carbonyl (C=O) groups excluding carboxylic acids is 1. The molecular weight excluding hydrogens is 406 g/mol. The molecule has 8 heteroatoms. The highest BCUT2D eigenvalue weighted by Gasteiger charge is 2.23. The fraction of sp³-hybridized carbons (Fsp3) is 0.417. The molecule has 1 unspecified atom stereocenters. The maximum atomic E-state index is 11.3. The Bertz CT molecular complexity index is 895. The maximum absolute atomic E-state index is 11.3. The molecule has 0 spiro atoms.